The number of nitrogens with one attached hydrogen (secondary N) is 1. The Morgan fingerprint density at radius 1 is 1.30 bits per heavy atom. The number of allylic oxidation sites excluding steroid dienone is 1. The maximum atomic E-state index is 9.99. The van der Waals surface area contributed by atoms with E-state index in [0.717, 1.165) is 5.56 Å². The fourth-order valence-electron chi connectivity index (χ4n) is 3.58. The number of H-pyrrole nitrogens is 1. The Morgan fingerprint density at radius 2 is 2.13 bits per heavy atom. The highest BCUT2D eigenvalue weighted by Crippen LogP contribution is 2.47. The monoisotopic (exact) mass is 404 g/mol. The first kappa shape index (κ1) is 19.2. The maximum absolute atomic E-state index is 9.99. The van der Waals surface area contributed by atoms with E-state index in [-0.39, 0.29) is 17.2 Å². The minimum absolute atomic E-state index is 0.000764. The molecule has 4 rings (SSSR count). The molecule has 3 aromatic rings. The van der Waals surface area contributed by atoms with Crippen molar-refractivity contribution in [2.75, 3.05) is 13.7 Å². The van der Waals surface area contributed by atoms with Crippen LogP contribution in [0, 0.1) is 11.3 Å². The van der Waals surface area contributed by atoms with E-state index in [1.165, 1.54) is 13.2 Å². The number of hydrogen-bond donors (Lipinski definition) is 3. The van der Waals surface area contributed by atoms with Gasteiger partial charge in [-0.05, 0) is 36.8 Å². The molecule has 1 atom stereocenters. The fourth-order valence-corrected chi connectivity index (χ4v) is 3.58. The third-order valence-corrected chi connectivity index (χ3v) is 4.91. The Hall–Kier alpha value is -4.12. The van der Waals surface area contributed by atoms with Crippen LogP contribution in [-0.2, 0) is 0 Å². The lowest BCUT2D eigenvalue weighted by Gasteiger charge is -2.24. The van der Waals surface area contributed by atoms with Gasteiger partial charge in [-0.1, -0.05) is 18.2 Å². The molecule has 0 spiro atoms. The van der Waals surface area contributed by atoms with E-state index < -0.39 is 5.92 Å². The smallest absolute Gasteiger partial charge is 0.244 e. The van der Waals surface area contributed by atoms with E-state index >= 15 is 0 Å². The number of benzene rings is 2. The first-order valence-corrected chi connectivity index (χ1v) is 9.33. The van der Waals surface area contributed by atoms with Crippen LogP contribution in [0.3, 0.4) is 0 Å². The number of nitrogens with zero attached hydrogens (tertiary/aromatic N) is 2. The predicted molar refractivity (Wildman–Crippen MR) is 109 cm³/mol. The summed E-state index contributed by atoms with van der Waals surface area (Å²) < 4.78 is 16.5. The highest BCUT2D eigenvalue weighted by Gasteiger charge is 2.36. The Bertz CT molecular complexity index is 1180. The summed E-state index contributed by atoms with van der Waals surface area (Å²) in [6.07, 6.45) is 0. The van der Waals surface area contributed by atoms with Gasteiger partial charge in [-0.25, -0.2) is 0 Å². The third-order valence-electron chi connectivity index (χ3n) is 4.91. The van der Waals surface area contributed by atoms with Gasteiger partial charge in [-0.15, -0.1) is 5.10 Å². The van der Waals surface area contributed by atoms with Crippen LogP contribution in [0.15, 0.2) is 53.9 Å². The zero-order chi connectivity index (χ0) is 21.3. The largest absolute Gasteiger partial charge is 0.504 e. The van der Waals surface area contributed by atoms with Crippen molar-refractivity contribution >= 4 is 0 Å². The number of rotatable bonds is 5. The van der Waals surface area contributed by atoms with E-state index in [1.807, 2.05) is 31.2 Å². The quantitative estimate of drug-likeness (QED) is 0.595. The summed E-state index contributed by atoms with van der Waals surface area (Å²) in [5, 5.41) is 27.1. The summed E-state index contributed by atoms with van der Waals surface area (Å²) in [4.78, 5) is 0. The molecule has 0 saturated carbocycles. The second-order valence-corrected chi connectivity index (χ2v) is 6.63. The third kappa shape index (κ3) is 3.16. The molecule has 4 N–H and O–H groups in total. The number of nitriles is 1. The second kappa shape index (κ2) is 7.72. The van der Waals surface area contributed by atoms with Crippen molar-refractivity contribution < 1.29 is 19.3 Å². The number of hydrogen-bond acceptors (Lipinski definition) is 7. The average molecular weight is 404 g/mol. The van der Waals surface area contributed by atoms with Crippen molar-refractivity contribution in [2.45, 2.75) is 12.8 Å². The predicted octanol–water partition coefficient (Wildman–Crippen LogP) is 3.41. The first-order valence-electron chi connectivity index (χ1n) is 9.33. The molecular weight excluding hydrogens is 384 g/mol. The molecule has 1 aliphatic rings. The highest BCUT2D eigenvalue weighted by atomic mass is 16.5. The number of nitrogens with two attached hydrogens (primary N) is 1. The van der Waals surface area contributed by atoms with E-state index in [4.69, 9.17) is 19.9 Å². The molecule has 152 valence electrons. The molecule has 0 bridgehead atoms. The van der Waals surface area contributed by atoms with Gasteiger partial charge in [0.25, 0.3) is 0 Å². The van der Waals surface area contributed by atoms with Gasteiger partial charge in [-0.3, -0.25) is 5.10 Å². The van der Waals surface area contributed by atoms with E-state index in [0.29, 0.717) is 40.8 Å². The molecule has 0 amide bonds. The number of aromatic amines is 1. The average Bonchev–Trinajstić information content (AvgIpc) is 3.17. The number of fused-ring (bicyclic) bond motifs is 1. The molecule has 2 aromatic carbocycles. The molecule has 0 radical (unpaired) electrons. The maximum Gasteiger partial charge on any atom is 0.244 e. The minimum Gasteiger partial charge on any atom is -0.504 e. The number of aromatic nitrogens is 2. The molecule has 8 nitrogen and oxygen atoms in total. The number of phenolic OH excluding ortho intramolecular Hbond substituents is 1. The van der Waals surface area contributed by atoms with E-state index in [1.54, 1.807) is 12.1 Å². The van der Waals surface area contributed by atoms with Crippen molar-refractivity contribution in [2.24, 2.45) is 5.73 Å². The van der Waals surface area contributed by atoms with Crippen molar-refractivity contribution in [3.05, 3.63) is 65.0 Å². The lowest BCUT2D eigenvalue weighted by molar-refractivity contribution is 0.340. The molecule has 1 aliphatic heterocycles. The van der Waals surface area contributed by atoms with Crippen LogP contribution in [-0.4, -0.2) is 29.0 Å². The summed E-state index contributed by atoms with van der Waals surface area (Å²) in [7, 11) is 1.46. The fraction of sp³-hybridized carbons (Fsp3) is 0.182. The molecule has 30 heavy (non-hydrogen) atoms. The summed E-state index contributed by atoms with van der Waals surface area (Å²) in [5.41, 5.74) is 9.16. The lowest BCUT2D eigenvalue weighted by Crippen LogP contribution is -2.21. The number of phenols is 1. The summed E-state index contributed by atoms with van der Waals surface area (Å²) in [6, 6.07) is 14.6. The van der Waals surface area contributed by atoms with E-state index in [2.05, 4.69) is 16.3 Å². The zero-order valence-corrected chi connectivity index (χ0v) is 16.5. The summed E-state index contributed by atoms with van der Waals surface area (Å²) in [6.45, 7) is 2.46. The molecule has 1 aromatic heterocycles. The van der Waals surface area contributed by atoms with Gasteiger partial charge < -0.3 is 25.1 Å². The molecule has 8 heteroatoms. The Labute approximate surface area is 173 Å². The summed E-state index contributed by atoms with van der Waals surface area (Å²) in [5.74, 6) is 0.732. The number of methoxy groups -OCH3 is 1. The van der Waals surface area contributed by atoms with Crippen LogP contribution in [0.1, 0.15) is 24.0 Å². The SMILES string of the molecule is CCOc1cccc(-c2[nH]nc3c2C(c2ccc(O)c(OC)c2)C(C#N)=C(N)O3)c1. The highest BCUT2D eigenvalue weighted by molar-refractivity contribution is 5.72. The van der Waals surface area contributed by atoms with Crippen molar-refractivity contribution in [3.63, 3.8) is 0 Å². The molecule has 0 saturated heterocycles. The first-order chi connectivity index (χ1) is 14.6. The standard InChI is InChI=1S/C22H20N4O4/c1-3-29-14-6-4-5-13(9-14)20-19-18(12-7-8-16(27)17(10-12)28-2)15(11-23)21(24)30-22(19)26-25-20/h4-10,18,27H,3,24H2,1-2H3,(H,25,26). The Balaban J connectivity index is 1.91. The lowest BCUT2D eigenvalue weighted by atomic mass is 9.83. The van der Waals surface area contributed by atoms with Crippen LogP contribution in [0.25, 0.3) is 11.3 Å². The molecule has 0 fully saturated rings. The topological polar surface area (TPSA) is 126 Å². The van der Waals surface area contributed by atoms with Crippen molar-refractivity contribution in [1.82, 2.24) is 10.2 Å². The van der Waals surface area contributed by atoms with Crippen LogP contribution in [0.4, 0.5) is 0 Å². The molecular formula is C22H20N4O4. The van der Waals surface area contributed by atoms with Gasteiger partial charge in [0.05, 0.1) is 30.9 Å². The van der Waals surface area contributed by atoms with Gasteiger partial charge >= 0.3 is 0 Å². The van der Waals surface area contributed by atoms with Gasteiger partial charge in [0.15, 0.2) is 11.5 Å². The van der Waals surface area contributed by atoms with Crippen LogP contribution in [0.5, 0.6) is 23.1 Å². The van der Waals surface area contributed by atoms with Crippen molar-refractivity contribution in [1.29, 1.82) is 5.26 Å². The second-order valence-electron chi connectivity index (χ2n) is 6.63. The van der Waals surface area contributed by atoms with E-state index in [9.17, 15) is 10.4 Å². The number of aromatic hydroxyl groups is 1. The molecule has 1 unspecified atom stereocenters. The molecule has 2 heterocycles. The Kier molecular flexibility index (Phi) is 4.94. The van der Waals surface area contributed by atoms with Crippen LogP contribution in [0.2, 0.25) is 0 Å². The number of ether oxygens (including phenoxy) is 3. The minimum atomic E-state index is -0.558. The normalized spacial score (nSPS) is 15.2. The van der Waals surface area contributed by atoms with Crippen LogP contribution < -0.4 is 19.9 Å². The Morgan fingerprint density at radius 3 is 2.87 bits per heavy atom. The van der Waals surface area contributed by atoms with Crippen LogP contribution >= 0.6 is 0 Å². The van der Waals surface area contributed by atoms with Gasteiger partial charge in [0, 0.05) is 5.56 Å². The van der Waals surface area contributed by atoms with Gasteiger partial charge in [0.1, 0.15) is 17.4 Å². The van der Waals surface area contributed by atoms with Gasteiger partial charge in [0.2, 0.25) is 11.8 Å². The summed E-state index contributed by atoms with van der Waals surface area (Å²) >= 11 is 0. The zero-order valence-electron chi connectivity index (χ0n) is 16.5. The molecule has 0 aliphatic carbocycles. The van der Waals surface area contributed by atoms with Gasteiger partial charge in [-0.2, -0.15) is 5.26 Å². The van der Waals surface area contributed by atoms with Crippen molar-refractivity contribution in [3.8, 4) is 40.5 Å².